The first-order chi connectivity index (χ1) is 7.79. The second-order valence-corrected chi connectivity index (χ2v) is 5.69. The third kappa shape index (κ3) is 1.55. The van der Waals surface area contributed by atoms with Gasteiger partial charge in [0.1, 0.15) is 11.9 Å². The zero-order valence-electron chi connectivity index (χ0n) is 8.40. The maximum Gasteiger partial charge on any atom is 0.239 e. The van der Waals surface area contributed by atoms with Gasteiger partial charge in [0.15, 0.2) is 0 Å². The van der Waals surface area contributed by atoms with Gasteiger partial charge in [-0.3, -0.25) is 4.79 Å². The van der Waals surface area contributed by atoms with Crippen molar-refractivity contribution in [1.82, 2.24) is 0 Å². The summed E-state index contributed by atoms with van der Waals surface area (Å²) in [6.45, 7) is 0. The topological polar surface area (TPSA) is 26.3 Å². The fourth-order valence-corrected chi connectivity index (χ4v) is 3.40. The molecule has 1 atom stereocenters. The lowest BCUT2D eigenvalue weighted by atomic mass is 10.1. The molecule has 1 unspecified atom stereocenters. The van der Waals surface area contributed by atoms with Gasteiger partial charge >= 0.3 is 0 Å². The normalized spacial score (nSPS) is 18.4. The van der Waals surface area contributed by atoms with Gasteiger partial charge in [-0.2, -0.15) is 0 Å². The minimum atomic E-state index is 0.154. The van der Waals surface area contributed by atoms with Crippen LogP contribution in [0.3, 0.4) is 0 Å². The van der Waals surface area contributed by atoms with Crippen molar-refractivity contribution in [1.29, 1.82) is 0 Å². The molecule has 1 aliphatic heterocycles. The third-order valence-electron chi connectivity index (χ3n) is 2.74. The fourth-order valence-electron chi connectivity index (χ4n) is 1.99. The van der Waals surface area contributed by atoms with Crippen molar-refractivity contribution in [3.8, 4) is 5.75 Å². The van der Waals surface area contributed by atoms with Gasteiger partial charge in [-0.1, -0.05) is 46.1 Å². The van der Waals surface area contributed by atoms with Crippen LogP contribution in [0.25, 0.3) is 10.1 Å². The molecule has 0 amide bonds. The van der Waals surface area contributed by atoms with E-state index in [1.165, 1.54) is 11.3 Å². The summed E-state index contributed by atoms with van der Waals surface area (Å²) in [5.74, 6) is 0.820. The van der Waals surface area contributed by atoms with E-state index < -0.39 is 0 Å². The molecule has 2 nitrogen and oxygen atoms in total. The number of benzene rings is 1. The molecule has 0 fully saturated rings. The Labute approximate surface area is 110 Å². The highest BCUT2D eigenvalue weighted by molar-refractivity contribution is 14.1. The summed E-state index contributed by atoms with van der Waals surface area (Å²) in [7, 11) is 0. The van der Waals surface area contributed by atoms with E-state index in [9.17, 15) is 4.79 Å². The summed E-state index contributed by atoms with van der Waals surface area (Å²) in [6, 6.07) is 7.94. The van der Waals surface area contributed by atoms with Crippen molar-refractivity contribution < 1.29 is 4.74 Å². The number of hydrogen-bond donors (Lipinski definition) is 0. The van der Waals surface area contributed by atoms with Gasteiger partial charge in [-0.05, 0) is 12.1 Å². The molecule has 2 aromatic rings. The van der Waals surface area contributed by atoms with Crippen molar-refractivity contribution in [2.45, 2.75) is 12.5 Å². The number of hydrogen-bond acceptors (Lipinski definition) is 3. The van der Waals surface area contributed by atoms with Gasteiger partial charge in [-0.15, -0.1) is 0 Å². The van der Waals surface area contributed by atoms with E-state index in [4.69, 9.17) is 4.74 Å². The minimum Gasteiger partial charge on any atom is -0.488 e. The lowest BCUT2D eigenvalue weighted by Crippen LogP contribution is -2.14. The Balaban J connectivity index is 2.31. The van der Waals surface area contributed by atoms with Gasteiger partial charge in [0.25, 0.3) is 0 Å². The first kappa shape index (κ1) is 10.5. The average Bonchev–Trinajstić information content (AvgIpc) is 2.74. The second kappa shape index (κ2) is 4.00. The largest absolute Gasteiger partial charge is 0.488 e. The summed E-state index contributed by atoms with van der Waals surface area (Å²) in [4.78, 5) is 11.9. The van der Waals surface area contributed by atoms with Crippen LogP contribution in [0.1, 0.15) is 5.56 Å². The van der Waals surface area contributed by atoms with Crippen LogP contribution < -0.4 is 9.48 Å². The molecule has 1 aromatic heterocycles. The number of rotatable bonds is 1. The molecule has 0 saturated heterocycles. The summed E-state index contributed by atoms with van der Waals surface area (Å²) >= 11 is 3.62. The van der Waals surface area contributed by atoms with Crippen LogP contribution >= 0.6 is 33.9 Å². The van der Waals surface area contributed by atoms with Crippen LogP contribution in [0.2, 0.25) is 0 Å². The molecule has 0 saturated carbocycles. The summed E-state index contributed by atoms with van der Waals surface area (Å²) in [6.07, 6.45) is 0.930. The molecule has 0 aliphatic carbocycles. The van der Waals surface area contributed by atoms with Crippen LogP contribution in [0.15, 0.2) is 29.1 Å². The Morgan fingerprint density at radius 1 is 1.44 bits per heavy atom. The maximum atomic E-state index is 11.9. The standard InChI is InChI=1S/C12H9IO2S/c13-6-7-5-9-11(15-7)8-3-1-2-4-10(8)16-12(9)14/h1-4,7H,5-6H2. The van der Waals surface area contributed by atoms with Crippen molar-refractivity contribution in [3.05, 3.63) is 39.4 Å². The Bertz CT molecular complexity index is 605. The molecule has 82 valence electrons. The molecular formula is C12H9IO2S. The lowest BCUT2D eigenvalue weighted by Gasteiger charge is -2.07. The zero-order valence-corrected chi connectivity index (χ0v) is 11.4. The summed E-state index contributed by atoms with van der Waals surface area (Å²) in [5, 5.41) is 1.08. The minimum absolute atomic E-state index is 0.154. The maximum absolute atomic E-state index is 11.9. The predicted octanol–water partition coefficient (Wildman–Crippen LogP) is 3.00. The van der Waals surface area contributed by atoms with Gasteiger partial charge in [0.2, 0.25) is 4.74 Å². The monoisotopic (exact) mass is 344 g/mol. The zero-order chi connectivity index (χ0) is 11.1. The van der Waals surface area contributed by atoms with Crippen LogP contribution in [0.4, 0.5) is 0 Å². The van der Waals surface area contributed by atoms with E-state index in [2.05, 4.69) is 22.6 Å². The summed E-state index contributed by atoms with van der Waals surface area (Å²) < 4.78 is 7.94. The van der Waals surface area contributed by atoms with E-state index >= 15 is 0 Å². The molecule has 3 rings (SSSR count). The van der Waals surface area contributed by atoms with Crippen LogP contribution in [0, 0.1) is 0 Å². The Hall–Kier alpha value is -0.620. The van der Waals surface area contributed by atoms with Gasteiger partial charge in [0.05, 0.1) is 5.56 Å². The third-order valence-corrected chi connectivity index (χ3v) is 4.73. The van der Waals surface area contributed by atoms with E-state index in [1.807, 2.05) is 24.3 Å². The quantitative estimate of drug-likeness (QED) is 0.587. The second-order valence-electron chi connectivity index (χ2n) is 3.79. The molecule has 1 aliphatic rings. The van der Waals surface area contributed by atoms with E-state index in [0.717, 1.165) is 32.2 Å². The molecule has 0 spiro atoms. The highest BCUT2D eigenvalue weighted by Crippen LogP contribution is 2.35. The van der Waals surface area contributed by atoms with E-state index in [-0.39, 0.29) is 10.8 Å². The van der Waals surface area contributed by atoms with E-state index in [1.54, 1.807) is 0 Å². The van der Waals surface area contributed by atoms with Crippen molar-refractivity contribution in [3.63, 3.8) is 0 Å². The van der Waals surface area contributed by atoms with Gasteiger partial charge in [0, 0.05) is 20.9 Å². The highest BCUT2D eigenvalue weighted by Gasteiger charge is 2.26. The first-order valence-electron chi connectivity index (χ1n) is 5.07. The lowest BCUT2D eigenvalue weighted by molar-refractivity contribution is 0.265. The Morgan fingerprint density at radius 2 is 2.25 bits per heavy atom. The number of fused-ring (bicyclic) bond motifs is 3. The smallest absolute Gasteiger partial charge is 0.239 e. The Morgan fingerprint density at radius 3 is 3.06 bits per heavy atom. The number of ether oxygens (including phenoxy) is 1. The van der Waals surface area contributed by atoms with Crippen molar-refractivity contribution >= 4 is 44.0 Å². The molecular weight excluding hydrogens is 335 g/mol. The van der Waals surface area contributed by atoms with Crippen molar-refractivity contribution in [2.75, 3.05) is 4.43 Å². The molecule has 4 heteroatoms. The average molecular weight is 344 g/mol. The molecule has 2 heterocycles. The van der Waals surface area contributed by atoms with Crippen molar-refractivity contribution in [2.24, 2.45) is 0 Å². The first-order valence-corrected chi connectivity index (χ1v) is 7.41. The highest BCUT2D eigenvalue weighted by atomic mass is 127. The summed E-state index contributed by atoms with van der Waals surface area (Å²) in [5.41, 5.74) is 0.866. The predicted molar refractivity (Wildman–Crippen MR) is 75.1 cm³/mol. The molecule has 0 radical (unpaired) electrons. The molecule has 0 bridgehead atoms. The fraction of sp³-hybridized carbons (Fsp3) is 0.250. The van der Waals surface area contributed by atoms with E-state index in [0.29, 0.717) is 0 Å². The SMILES string of the molecule is O=c1sc2ccccc2c2c1CC(CI)O2. The number of alkyl halides is 1. The van der Waals surface area contributed by atoms with Crippen LogP contribution in [0.5, 0.6) is 5.75 Å². The van der Waals surface area contributed by atoms with Gasteiger partial charge < -0.3 is 4.74 Å². The molecule has 0 N–H and O–H groups in total. The van der Waals surface area contributed by atoms with Crippen LogP contribution in [-0.2, 0) is 6.42 Å². The van der Waals surface area contributed by atoms with Gasteiger partial charge in [-0.25, -0.2) is 0 Å². The Kier molecular flexibility index (Phi) is 2.63. The molecule has 1 aromatic carbocycles. The molecule has 16 heavy (non-hydrogen) atoms. The van der Waals surface area contributed by atoms with Crippen LogP contribution in [-0.4, -0.2) is 10.5 Å². The number of halogens is 1.